The third-order valence-electron chi connectivity index (χ3n) is 4.27. The van der Waals surface area contributed by atoms with Crippen LogP contribution in [-0.2, 0) is 19.1 Å². The molecule has 8 heteroatoms. The van der Waals surface area contributed by atoms with E-state index in [1.165, 1.54) is 11.8 Å². The first-order valence-corrected chi connectivity index (χ1v) is 10.4. The Hall–Kier alpha value is -2.32. The lowest BCUT2D eigenvalue weighted by molar-refractivity contribution is -0.142. The number of fused-ring (bicyclic) bond motifs is 1. The molecular formula is C20H25N3O4S. The van der Waals surface area contributed by atoms with Crippen LogP contribution in [0.1, 0.15) is 26.2 Å². The molecular weight excluding hydrogens is 378 g/mol. The van der Waals surface area contributed by atoms with Crippen LogP contribution in [0.15, 0.2) is 41.0 Å². The fourth-order valence-corrected chi connectivity index (χ4v) is 3.72. The third kappa shape index (κ3) is 6.10. The highest BCUT2D eigenvalue weighted by Crippen LogP contribution is 2.31. The highest BCUT2D eigenvalue weighted by atomic mass is 32.2. The van der Waals surface area contributed by atoms with Crippen molar-refractivity contribution in [2.75, 3.05) is 30.8 Å². The number of hydrogen-bond acceptors (Lipinski definition) is 7. The largest absolute Gasteiger partial charge is 0.466 e. The first-order valence-electron chi connectivity index (χ1n) is 9.46. The highest BCUT2D eigenvalue weighted by molar-refractivity contribution is 8.14. The van der Waals surface area contributed by atoms with Gasteiger partial charge in [-0.3, -0.25) is 9.59 Å². The zero-order chi connectivity index (χ0) is 19.8. The maximum Gasteiger partial charge on any atom is 0.311 e. The fourth-order valence-electron chi connectivity index (χ4n) is 2.95. The summed E-state index contributed by atoms with van der Waals surface area (Å²) in [7, 11) is 0. The minimum atomic E-state index is -0.306. The van der Waals surface area contributed by atoms with E-state index < -0.39 is 0 Å². The number of benzene rings is 1. The summed E-state index contributed by atoms with van der Waals surface area (Å²) in [4.78, 5) is 28.7. The summed E-state index contributed by atoms with van der Waals surface area (Å²) in [5, 5.41) is 6.82. The number of anilines is 1. The van der Waals surface area contributed by atoms with Gasteiger partial charge in [0.25, 0.3) is 0 Å². The van der Waals surface area contributed by atoms with E-state index in [0.29, 0.717) is 23.9 Å². The molecule has 2 aliphatic heterocycles. The van der Waals surface area contributed by atoms with Crippen LogP contribution in [0.4, 0.5) is 11.4 Å². The Kier molecular flexibility index (Phi) is 7.50. The maximum atomic E-state index is 12.2. The second-order valence-corrected chi connectivity index (χ2v) is 7.47. The number of hydrogen-bond donors (Lipinski definition) is 2. The molecule has 28 heavy (non-hydrogen) atoms. The Morgan fingerprint density at radius 2 is 2.25 bits per heavy atom. The van der Waals surface area contributed by atoms with Gasteiger partial charge in [-0.1, -0.05) is 23.9 Å². The van der Waals surface area contributed by atoms with Crippen molar-refractivity contribution >= 4 is 40.1 Å². The first kappa shape index (κ1) is 20.4. The Bertz CT molecular complexity index is 772. The smallest absolute Gasteiger partial charge is 0.311 e. The van der Waals surface area contributed by atoms with Gasteiger partial charge < -0.3 is 20.1 Å². The average molecular weight is 404 g/mol. The van der Waals surface area contributed by atoms with Crippen LogP contribution in [0.3, 0.4) is 0 Å². The lowest BCUT2D eigenvalue weighted by Gasteiger charge is -2.10. The van der Waals surface area contributed by atoms with Gasteiger partial charge in [-0.25, -0.2) is 4.99 Å². The van der Waals surface area contributed by atoms with E-state index in [1.807, 2.05) is 24.3 Å². The molecule has 2 aliphatic rings. The number of ether oxygens (including phenoxy) is 2. The molecule has 0 bridgehead atoms. The van der Waals surface area contributed by atoms with Crippen molar-refractivity contribution in [3.63, 3.8) is 0 Å². The number of carbonyl (C=O) groups is 2. The zero-order valence-electron chi connectivity index (χ0n) is 15.9. The van der Waals surface area contributed by atoms with Crippen molar-refractivity contribution in [3.8, 4) is 0 Å². The average Bonchev–Trinajstić information content (AvgIpc) is 3.13. The molecule has 0 saturated carbocycles. The molecule has 0 radical (unpaired) electrons. The quantitative estimate of drug-likeness (QED) is 0.681. The van der Waals surface area contributed by atoms with Crippen LogP contribution in [0.25, 0.3) is 0 Å². The van der Waals surface area contributed by atoms with Crippen molar-refractivity contribution < 1.29 is 19.1 Å². The van der Waals surface area contributed by atoms with Gasteiger partial charge in [-0.2, -0.15) is 0 Å². The second-order valence-electron chi connectivity index (χ2n) is 6.47. The summed E-state index contributed by atoms with van der Waals surface area (Å²) in [6.07, 6.45) is 4.08. The zero-order valence-corrected chi connectivity index (χ0v) is 16.7. The second kappa shape index (κ2) is 10.3. The molecule has 2 N–H and O–H groups in total. The molecule has 1 aromatic rings. The lowest BCUT2D eigenvalue weighted by Crippen LogP contribution is -2.33. The Labute approximate surface area is 169 Å². The number of nitrogens with one attached hydrogen (secondary N) is 2. The van der Waals surface area contributed by atoms with Crippen LogP contribution < -0.4 is 10.6 Å². The number of thioether (sulfide) groups is 1. The van der Waals surface area contributed by atoms with Gasteiger partial charge in [0.05, 0.1) is 41.3 Å². The van der Waals surface area contributed by atoms with Crippen LogP contribution in [-0.4, -0.2) is 48.5 Å². The molecule has 3 rings (SSSR count). The molecule has 1 fully saturated rings. The van der Waals surface area contributed by atoms with Crippen molar-refractivity contribution in [2.45, 2.75) is 32.3 Å². The van der Waals surface area contributed by atoms with Crippen LogP contribution in [0.2, 0.25) is 0 Å². The van der Waals surface area contributed by atoms with Crippen LogP contribution >= 0.6 is 11.8 Å². The topological polar surface area (TPSA) is 89.0 Å². The van der Waals surface area contributed by atoms with Gasteiger partial charge >= 0.3 is 5.97 Å². The van der Waals surface area contributed by atoms with Gasteiger partial charge in [-0.15, -0.1) is 0 Å². The van der Waals surface area contributed by atoms with E-state index in [-0.39, 0.29) is 30.2 Å². The molecule has 1 unspecified atom stereocenters. The molecule has 1 atom stereocenters. The number of carbonyl (C=O) groups excluding carboxylic acids is 2. The molecule has 1 amide bonds. The van der Waals surface area contributed by atoms with Crippen molar-refractivity contribution in [1.82, 2.24) is 5.32 Å². The summed E-state index contributed by atoms with van der Waals surface area (Å²) >= 11 is 1.34. The van der Waals surface area contributed by atoms with E-state index in [4.69, 9.17) is 9.47 Å². The van der Waals surface area contributed by atoms with Gasteiger partial charge in [0, 0.05) is 18.8 Å². The minimum Gasteiger partial charge on any atom is -0.466 e. The van der Waals surface area contributed by atoms with E-state index in [1.54, 1.807) is 13.0 Å². The first-order chi connectivity index (χ1) is 13.6. The normalized spacial score (nSPS) is 18.2. The molecule has 150 valence electrons. The molecule has 1 aromatic carbocycles. The van der Waals surface area contributed by atoms with Crippen molar-refractivity contribution in [1.29, 1.82) is 0 Å². The number of rotatable bonds is 7. The molecule has 0 aliphatic carbocycles. The monoisotopic (exact) mass is 403 g/mol. The summed E-state index contributed by atoms with van der Waals surface area (Å²) in [5.74, 6) is -0.120. The molecule has 0 spiro atoms. The number of esters is 1. The van der Waals surface area contributed by atoms with Crippen LogP contribution in [0.5, 0.6) is 0 Å². The molecule has 0 aromatic heterocycles. The number of nitrogens with zero attached hydrogens (tertiary/aromatic N) is 1. The predicted octanol–water partition coefficient (Wildman–Crippen LogP) is 3.01. The number of aliphatic imine (C=N–C) groups is 1. The predicted molar refractivity (Wildman–Crippen MR) is 111 cm³/mol. The Balaban J connectivity index is 1.63. The Morgan fingerprint density at radius 1 is 1.39 bits per heavy atom. The van der Waals surface area contributed by atoms with Gasteiger partial charge in [0.2, 0.25) is 5.91 Å². The standard InChI is InChI=1S/C20H25N3O4S/c1-2-26-20(25)11-14-10-19(23-17-8-4-3-7-16(17)22-14)28-13-18(24)21-12-15-6-5-9-27-15/h3-4,7-8,10,15,22H,2,5-6,9,11-13H2,1H3,(H,21,24). The number of para-hydroxylation sites is 2. The van der Waals surface area contributed by atoms with Crippen molar-refractivity contribution in [2.24, 2.45) is 4.99 Å². The highest BCUT2D eigenvalue weighted by Gasteiger charge is 2.18. The third-order valence-corrected chi connectivity index (χ3v) is 5.18. The van der Waals surface area contributed by atoms with Crippen LogP contribution in [0, 0.1) is 0 Å². The Morgan fingerprint density at radius 3 is 3.04 bits per heavy atom. The van der Waals surface area contributed by atoms with Crippen molar-refractivity contribution in [3.05, 3.63) is 36.0 Å². The van der Waals surface area contributed by atoms with Gasteiger partial charge in [0.1, 0.15) is 0 Å². The molecule has 1 saturated heterocycles. The molecule has 2 heterocycles. The van der Waals surface area contributed by atoms with Gasteiger partial charge in [0.15, 0.2) is 0 Å². The summed E-state index contributed by atoms with van der Waals surface area (Å²) < 4.78 is 10.6. The molecule has 7 nitrogen and oxygen atoms in total. The van der Waals surface area contributed by atoms with E-state index >= 15 is 0 Å². The summed E-state index contributed by atoms with van der Waals surface area (Å²) in [5.41, 5.74) is 2.27. The van der Waals surface area contributed by atoms with E-state index in [0.717, 1.165) is 30.8 Å². The maximum absolute atomic E-state index is 12.2. The SMILES string of the molecule is CCOC(=O)CC1=CC(SCC(=O)NCC2CCCO2)=Nc2ccccc2N1. The fraction of sp³-hybridized carbons (Fsp3) is 0.450. The minimum absolute atomic E-state index is 0.0611. The summed E-state index contributed by atoms with van der Waals surface area (Å²) in [6.45, 7) is 3.43. The summed E-state index contributed by atoms with van der Waals surface area (Å²) in [6, 6.07) is 7.60. The lowest BCUT2D eigenvalue weighted by atomic mass is 10.2. The van der Waals surface area contributed by atoms with E-state index in [9.17, 15) is 9.59 Å². The number of amides is 1. The van der Waals surface area contributed by atoms with E-state index in [2.05, 4.69) is 15.6 Å². The van der Waals surface area contributed by atoms with Gasteiger partial charge in [-0.05, 0) is 38.0 Å².